The minimum absolute atomic E-state index is 0.0368. The molecule has 0 saturated carbocycles. The van der Waals surface area contributed by atoms with Crippen molar-refractivity contribution in [3.63, 3.8) is 0 Å². The Morgan fingerprint density at radius 3 is 2.15 bits per heavy atom. The molecule has 0 bridgehead atoms. The number of hydrogen-bond donors (Lipinski definition) is 0. The van der Waals surface area contributed by atoms with Crippen LogP contribution < -0.4 is 14.7 Å². The van der Waals surface area contributed by atoms with Gasteiger partial charge in [0.25, 0.3) is 0 Å². The molecule has 1 aromatic heterocycles. The van der Waals surface area contributed by atoms with E-state index in [0.717, 1.165) is 12.1 Å². The number of thiophene rings is 1. The van der Waals surface area contributed by atoms with Crippen LogP contribution in [0.1, 0.15) is 38.3 Å². The molecule has 2 aliphatic carbocycles. The van der Waals surface area contributed by atoms with Crippen molar-refractivity contribution in [3.05, 3.63) is 173 Å². The van der Waals surface area contributed by atoms with Gasteiger partial charge in [0.05, 0.1) is 0 Å². The SMILES string of the molecule is CC1C=c2c(sc3cc(N(c4ccc(-c5cccc6ccc7c8ccccc8ccc7c56)cc4)c4ccc5c(c4)-c4ccccc4C5(C)C)ccc23)=CC1. The molecule has 1 heterocycles. The smallest absolute Gasteiger partial charge is 0.0476 e. The Bertz CT molecular complexity index is 3130. The molecule has 2 aliphatic rings. The summed E-state index contributed by atoms with van der Waals surface area (Å²) in [5.41, 5.74) is 11.4. The predicted molar refractivity (Wildman–Crippen MR) is 234 cm³/mol. The molecule has 0 radical (unpaired) electrons. The van der Waals surface area contributed by atoms with Crippen LogP contribution in [0.25, 0.3) is 76.8 Å². The summed E-state index contributed by atoms with van der Waals surface area (Å²) in [4.78, 5) is 2.46. The van der Waals surface area contributed by atoms with Crippen molar-refractivity contribution in [3.8, 4) is 22.3 Å². The van der Waals surface area contributed by atoms with Crippen molar-refractivity contribution in [1.82, 2.24) is 0 Å². The monoisotopic (exact) mass is 709 g/mol. The first-order chi connectivity index (χ1) is 26.4. The van der Waals surface area contributed by atoms with Gasteiger partial charge in [-0.1, -0.05) is 148 Å². The van der Waals surface area contributed by atoms with Crippen LogP contribution in [-0.2, 0) is 5.41 Å². The molecule has 9 aromatic rings. The van der Waals surface area contributed by atoms with Gasteiger partial charge in [0, 0.05) is 37.1 Å². The summed E-state index contributed by atoms with van der Waals surface area (Å²) in [5, 5.41) is 10.5. The van der Waals surface area contributed by atoms with Crippen LogP contribution in [-0.4, -0.2) is 0 Å². The third kappa shape index (κ3) is 4.70. The van der Waals surface area contributed by atoms with Gasteiger partial charge in [-0.2, -0.15) is 0 Å². The van der Waals surface area contributed by atoms with Gasteiger partial charge in [-0.05, 0) is 120 Å². The van der Waals surface area contributed by atoms with Gasteiger partial charge in [0.1, 0.15) is 0 Å². The van der Waals surface area contributed by atoms with E-state index in [-0.39, 0.29) is 5.41 Å². The fourth-order valence-corrected chi connectivity index (χ4v) is 10.6. The van der Waals surface area contributed by atoms with Gasteiger partial charge < -0.3 is 4.90 Å². The number of nitrogens with zero attached hydrogens (tertiary/aromatic N) is 1. The number of fused-ring (bicyclic) bond motifs is 11. The standard InChI is InChI=1S/C52H39NS/c1-32-15-28-49-46(29-32)43-26-22-38(31-50(43)54-49)53(37-23-27-48-45(30-37)42-12-6-7-14-47(42)52(48,2)3)36-20-16-34(17-21-36)40-13-8-10-35-19-24-41-39-11-5-4-9-33(39)18-25-44(41)51(35)40/h4-14,16-32H,15H2,1-3H3. The van der Waals surface area contributed by atoms with E-state index in [0.29, 0.717) is 5.92 Å². The normalized spacial score (nSPS) is 15.5. The number of benzene rings is 8. The second kappa shape index (κ2) is 11.8. The Balaban J connectivity index is 1.08. The Hall–Kier alpha value is -5.96. The second-order valence-electron chi connectivity index (χ2n) is 15.8. The molecule has 0 aliphatic heterocycles. The first-order valence-corrected chi connectivity index (χ1v) is 20.0. The maximum atomic E-state index is 2.46. The largest absolute Gasteiger partial charge is 0.310 e. The van der Waals surface area contributed by atoms with Crippen LogP contribution in [0.4, 0.5) is 17.1 Å². The molecule has 0 spiro atoms. The average molecular weight is 710 g/mol. The lowest BCUT2D eigenvalue weighted by molar-refractivity contribution is 0.660. The molecule has 1 unspecified atom stereocenters. The van der Waals surface area contributed by atoms with Crippen molar-refractivity contribution < 1.29 is 0 Å². The maximum Gasteiger partial charge on any atom is 0.0476 e. The first kappa shape index (κ1) is 31.6. The van der Waals surface area contributed by atoms with Gasteiger partial charge >= 0.3 is 0 Å². The molecule has 1 atom stereocenters. The zero-order valence-corrected chi connectivity index (χ0v) is 31.5. The third-order valence-corrected chi connectivity index (χ3v) is 13.3. The van der Waals surface area contributed by atoms with Crippen molar-refractivity contribution in [2.24, 2.45) is 5.92 Å². The van der Waals surface area contributed by atoms with Crippen molar-refractivity contribution in [1.29, 1.82) is 0 Å². The van der Waals surface area contributed by atoms with E-state index in [9.17, 15) is 0 Å². The minimum Gasteiger partial charge on any atom is -0.310 e. The number of rotatable bonds is 4. The highest BCUT2D eigenvalue weighted by Gasteiger charge is 2.35. The predicted octanol–water partition coefficient (Wildman–Crippen LogP) is 13.4. The molecule has 2 heteroatoms. The summed E-state index contributed by atoms with van der Waals surface area (Å²) in [7, 11) is 0. The van der Waals surface area contributed by atoms with Crippen LogP contribution in [0, 0.1) is 5.92 Å². The van der Waals surface area contributed by atoms with Gasteiger partial charge in [-0.3, -0.25) is 0 Å². The Kier molecular flexibility index (Phi) is 6.88. The molecule has 8 aromatic carbocycles. The highest BCUT2D eigenvalue weighted by atomic mass is 32.1. The number of anilines is 3. The van der Waals surface area contributed by atoms with Gasteiger partial charge in [-0.15, -0.1) is 11.3 Å². The lowest BCUT2D eigenvalue weighted by Crippen LogP contribution is -2.23. The van der Waals surface area contributed by atoms with E-state index in [2.05, 4.69) is 189 Å². The Morgan fingerprint density at radius 2 is 1.24 bits per heavy atom. The van der Waals surface area contributed by atoms with Crippen LogP contribution in [0.3, 0.4) is 0 Å². The maximum absolute atomic E-state index is 2.46. The summed E-state index contributed by atoms with van der Waals surface area (Å²) in [5.74, 6) is 0.572. The zero-order valence-electron chi connectivity index (χ0n) is 30.7. The summed E-state index contributed by atoms with van der Waals surface area (Å²) < 4.78 is 2.74. The highest BCUT2D eigenvalue weighted by Crippen LogP contribution is 2.51. The summed E-state index contributed by atoms with van der Waals surface area (Å²) in [6, 6.07) is 57.0. The van der Waals surface area contributed by atoms with Gasteiger partial charge in [0.2, 0.25) is 0 Å². The molecule has 0 amide bonds. The Labute approximate surface area is 319 Å². The molecule has 258 valence electrons. The van der Waals surface area contributed by atoms with Gasteiger partial charge in [0.15, 0.2) is 0 Å². The molecule has 11 rings (SSSR count). The summed E-state index contributed by atoms with van der Waals surface area (Å²) in [6.45, 7) is 7.03. The highest BCUT2D eigenvalue weighted by molar-refractivity contribution is 7.17. The average Bonchev–Trinajstić information content (AvgIpc) is 3.68. The van der Waals surface area contributed by atoms with Crippen LogP contribution in [0.2, 0.25) is 0 Å². The van der Waals surface area contributed by atoms with Gasteiger partial charge in [-0.25, -0.2) is 0 Å². The van der Waals surface area contributed by atoms with Crippen LogP contribution in [0.15, 0.2) is 152 Å². The van der Waals surface area contributed by atoms with E-state index in [1.807, 2.05) is 11.3 Å². The molecule has 0 fully saturated rings. The fourth-order valence-electron chi connectivity index (χ4n) is 9.43. The molecule has 0 saturated heterocycles. The van der Waals surface area contributed by atoms with Crippen LogP contribution >= 0.6 is 11.3 Å². The molecular weight excluding hydrogens is 671 g/mol. The minimum atomic E-state index is -0.0368. The van der Waals surface area contributed by atoms with E-state index < -0.39 is 0 Å². The Morgan fingerprint density at radius 1 is 0.556 bits per heavy atom. The lowest BCUT2D eigenvalue weighted by atomic mass is 9.82. The molecule has 1 nitrogen and oxygen atoms in total. The van der Waals surface area contributed by atoms with E-state index in [1.165, 1.54) is 96.9 Å². The molecule has 54 heavy (non-hydrogen) atoms. The topological polar surface area (TPSA) is 3.24 Å². The van der Waals surface area contributed by atoms with E-state index in [4.69, 9.17) is 0 Å². The zero-order chi connectivity index (χ0) is 36.1. The lowest BCUT2D eigenvalue weighted by Gasteiger charge is -2.27. The van der Waals surface area contributed by atoms with E-state index >= 15 is 0 Å². The number of hydrogen-bond acceptors (Lipinski definition) is 2. The third-order valence-electron chi connectivity index (χ3n) is 12.2. The van der Waals surface area contributed by atoms with Crippen molar-refractivity contribution in [2.75, 3.05) is 4.90 Å². The van der Waals surface area contributed by atoms with Crippen LogP contribution in [0.5, 0.6) is 0 Å². The second-order valence-corrected chi connectivity index (χ2v) is 16.9. The summed E-state index contributed by atoms with van der Waals surface area (Å²) >= 11 is 1.92. The van der Waals surface area contributed by atoms with Crippen molar-refractivity contribution in [2.45, 2.75) is 32.6 Å². The first-order valence-electron chi connectivity index (χ1n) is 19.2. The summed E-state index contributed by atoms with van der Waals surface area (Å²) in [6.07, 6.45) is 6.00. The molecular formula is C52H39NS. The molecule has 0 N–H and O–H groups in total. The van der Waals surface area contributed by atoms with Crippen molar-refractivity contribution >= 4 is 83.0 Å². The van der Waals surface area contributed by atoms with E-state index in [1.54, 1.807) is 0 Å². The quantitative estimate of drug-likeness (QED) is 0.164. The fraction of sp³-hybridized carbons (Fsp3) is 0.115.